The highest BCUT2D eigenvalue weighted by atomic mass is 32.2. The lowest BCUT2D eigenvalue weighted by atomic mass is 10.2. The zero-order valence-electron chi connectivity index (χ0n) is 6.86. The predicted molar refractivity (Wildman–Crippen MR) is 42.8 cm³/mol. The van der Waals surface area contributed by atoms with E-state index in [1.807, 2.05) is 0 Å². The standard InChI is InChI=1S/C6H10N2O3S/c1-4-6(3-12(7,9)10)5(2)11-8-4/h3H2,1-2H3,(H2,7,9,10). The maximum absolute atomic E-state index is 10.7. The van der Waals surface area contributed by atoms with Crippen LogP contribution in [0.3, 0.4) is 0 Å². The highest BCUT2D eigenvalue weighted by Gasteiger charge is 2.14. The van der Waals surface area contributed by atoms with E-state index in [0.717, 1.165) is 0 Å². The van der Waals surface area contributed by atoms with E-state index in [2.05, 4.69) is 5.16 Å². The fourth-order valence-electron chi connectivity index (χ4n) is 0.909. The summed E-state index contributed by atoms with van der Waals surface area (Å²) < 4.78 is 26.2. The van der Waals surface area contributed by atoms with E-state index in [1.54, 1.807) is 13.8 Å². The minimum atomic E-state index is -3.49. The second-order valence-corrected chi connectivity index (χ2v) is 4.22. The van der Waals surface area contributed by atoms with Crippen molar-refractivity contribution in [2.75, 3.05) is 0 Å². The van der Waals surface area contributed by atoms with Crippen molar-refractivity contribution in [2.45, 2.75) is 19.6 Å². The normalized spacial score (nSPS) is 11.9. The Bertz CT molecular complexity index is 360. The van der Waals surface area contributed by atoms with Crippen molar-refractivity contribution in [3.8, 4) is 0 Å². The molecule has 2 N–H and O–H groups in total. The summed E-state index contributed by atoms with van der Waals surface area (Å²) in [4.78, 5) is 0. The molecule has 6 heteroatoms. The molecule has 5 nitrogen and oxygen atoms in total. The average Bonchev–Trinajstić information content (AvgIpc) is 2.16. The molecule has 1 rings (SSSR count). The lowest BCUT2D eigenvalue weighted by molar-refractivity contribution is 0.392. The molecule has 1 aromatic rings. The Kier molecular flexibility index (Phi) is 2.20. The van der Waals surface area contributed by atoms with Crippen LogP contribution in [0.15, 0.2) is 4.52 Å². The fourth-order valence-corrected chi connectivity index (χ4v) is 1.72. The van der Waals surface area contributed by atoms with Crippen LogP contribution in [0.4, 0.5) is 0 Å². The van der Waals surface area contributed by atoms with Crippen LogP contribution in [0.25, 0.3) is 0 Å². The number of primary sulfonamides is 1. The van der Waals surface area contributed by atoms with Gasteiger partial charge in [-0.2, -0.15) is 0 Å². The third-order valence-corrected chi connectivity index (χ3v) is 2.22. The molecule has 1 aromatic heterocycles. The van der Waals surface area contributed by atoms with Gasteiger partial charge in [0, 0.05) is 5.56 Å². The largest absolute Gasteiger partial charge is 0.361 e. The first-order valence-electron chi connectivity index (χ1n) is 3.32. The van der Waals surface area contributed by atoms with Gasteiger partial charge in [0.05, 0.1) is 11.4 Å². The van der Waals surface area contributed by atoms with Crippen LogP contribution in [-0.4, -0.2) is 13.6 Å². The third kappa shape index (κ3) is 2.05. The van der Waals surface area contributed by atoms with Gasteiger partial charge < -0.3 is 4.52 Å². The van der Waals surface area contributed by atoms with Crippen LogP contribution in [-0.2, 0) is 15.8 Å². The summed E-state index contributed by atoms with van der Waals surface area (Å²) in [5.74, 6) is 0.287. The first-order chi connectivity index (χ1) is 5.40. The van der Waals surface area contributed by atoms with E-state index in [0.29, 0.717) is 17.0 Å². The number of hydrogen-bond acceptors (Lipinski definition) is 4. The molecule has 0 aliphatic heterocycles. The highest BCUT2D eigenvalue weighted by molar-refractivity contribution is 7.88. The molecular weight excluding hydrogens is 180 g/mol. The van der Waals surface area contributed by atoms with Crippen molar-refractivity contribution in [1.82, 2.24) is 5.16 Å². The Morgan fingerprint density at radius 2 is 2.08 bits per heavy atom. The molecule has 0 saturated heterocycles. The second-order valence-electron chi connectivity index (χ2n) is 2.61. The van der Waals surface area contributed by atoms with Crippen LogP contribution in [0.5, 0.6) is 0 Å². The van der Waals surface area contributed by atoms with Crippen LogP contribution in [0.2, 0.25) is 0 Å². The van der Waals surface area contributed by atoms with Gasteiger partial charge in [-0.25, -0.2) is 13.6 Å². The van der Waals surface area contributed by atoms with E-state index in [9.17, 15) is 8.42 Å². The Morgan fingerprint density at radius 1 is 1.50 bits per heavy atom. The number of aryl methyl sites for hydroxylation is 2. The number of nitrogens with zero attached hydrogens (tertiary/aromatic N) is 1. The van der Waals surface area contributed by atoms with Gasteiger partial charge in [-0.3, -0.25) is 0 Å². The lowest BCUT2D eigenvalue weighted by Crippen LogP contribution is -2.15. The smallest absolute Gasteiger partial charge is 0.213 e. The SMILES string of the molecule is Cc1noc(C)c1CS(N)(=O)=O. The molecular formula is C6H10N2O3S. The fraction of sp³-hybridized carbons (Fsp3) is 0.500. The zero-order valence-corrected chi connectivity index (χ0v) is 7.68. The van der Waals surface area contributed by atoms with Crippen molar-refractivity contribution in [3.63, 3.8) is 0 Å². The van der Waals surface area contributed by atoms with Crippen molar-refractivity contribution in [3.05, 3.63) is 17.0 Å². The van der Waals surface area contributed by atoms with Crippen molar-refractivity contribution in [2.24, 2.45) is 5.14 Å². The molecule has 0 fully saturated rings. The molecule has 0 unspecified atom stereocenters. The van der Waals surface area contributed by atoms with E-state index in [4.69, 9.17) is 9.66 Å². The van der Waals surface area contributed by atoms with Gasteiger partial charge in [-0.05, 0) is 13.8 Å². The van der Waals surface area contributed by atoms with Crippen LogP contribution >= 0.6 is 0 Å². The minimum Gasteiger partial charge on any atom is -0.361 e. The highest BCUT2D eigenvalue weighted by Crippen LogP contribution is 2.13. The van der Waals surface area contributed by atoms with E-state index >= 15 is 0 Å². The van der Waals surface area contributed by atoms with Gasteiger partial charge in [0.15, 0.2) is 0 Å². The third-order valence-electron chi connectivity index (χ3n) is 1.53. The quantitative estimate of drug-likeness (QED) is 0.715. The zero-order chi connectivity index (χ0) is 9.35. The molecule has 0 aliphatic carbocycles. The van der Waals surface area contributed by atoms with E-state index in [1.165, 1.54) is 0 Å². The van der Waals surface area contributed by atoms with Crippen LogP contribution < -0.4 is 5.14 Å². The first kappa shape index (κ1) is 9.21. The van der Waals surface area contributed by atoms with E-state index < -0.39 is 10.0 Å². The lowest BCUT2D eigenvalue weighted by Gasteiger charge is -1.95. The Balaban J connectivity index is 3.04. The van der Waals surface area contributed by atoms with Gasteiger partial charge in [0.1, 0.15) is 5.76 Å². The Labute approximate surface area is 70.6 Å². The summed E-state index contributed by atoms with van der Waals surface area (Å²) in [6, 6.07) is 0. The van der Waals surface area contributed by atoms with E-state index in [-0.39, 0.29) is 5.75 Å². The molecule has 0 radical (unpaired) electrons. The topological polar surface area (TPSA) is 86.2 Å². The summed E-state index contributed by atoms with van der Waals surface area (Å²) in [5, 5.41) is 8.47. The van der Waals surface area contributed by atoms with Gasteiger partial charge in [-0.15, -0.1) is 0 Å². The number of sulfonamides is 1. The average molecular weight is 190 g/mol. The van der Waals surface area contributed by atoms with Gasteiger partial charge in [0.2, 0.25) is 10.0 Å². The van der Waals surface area contributed by atoms with Crippen LogP contribution in [0, 0.1) is 13.8 Å². The van der Waals surface area contributed by atoms with Crippen LogP contribution in [0.1, 0.15) is 17.0 Å². The molecule has 0 amide bonds. The molecule has 1 heterocycles. The number of rotatable bonds is 2. The molecule has 12 heavy (non-hydrogen) atoms. The molecule has 0 atom stereocenters. The number of aromatic nitrogens is 1. The van der Waals surface area contributed by atoms with Crippen molar-refractivity contribution in [1.29, 1.82) is 0 Å². The number of nitrogens with two attached hydrogens (primary N) is 1. The first-order valence-corrected chi connectivity index (χ1v) is 5.04. The molecule has 0 spiro atoms. The van der Waals surface area contributed by atoms with Gasteiger partial charge >= 0.3 is 0 Å². The van der Waals surface area contributed by atoms with Crippen molar-refractivity contribution >= 4 is 10.0 Å². The second kappa shape index (κ2) is 2.87. The summed E-state index contributed by atoms with van der Waals surface area (Å²) in [7, 11) is -3.49. The molecule has 0 aromatic carbocycles. The molecule has 68 valence electrons. The number of hydrogen-bond donors (Lipinski definition) is 1. The summed E-state index contributed by atoms with van der Waals surface area (Å²) in [6.07, 6.45) is 0. The molecule has 0 saturated carbocycles. The predicted octanol–water partition coefficient (Wildman–Crippen LogP) is 0.0799. The Morgan fingerprint density at radius 3 is 2.42 bits per heavy atom. The van der Waals surface area contributed by atoms with Crippen molar-refractivity contribution < 1.29 is 12.9 Å². The van der Waals surface area contributed by atoms with Gasteiger partial charge in [-0.1, -0.05) is 5.16 Å². The summed E-state index contributed by atoms with van der Waals surface area (Å²) >= 11 is 0. The maximum atomic E-state index is 10.7. The molecule has 0 aliphatic rings. The maximum Gasteiger partial charge on any atom is 0.213 e. The van der Waals surface area contributed by atoms with Gasteiger partial charge in [0.25, 0.3) is 0 Å². The summed E-state index contributed by atoms with van der Waals surface area (Å²) in [5.41, 5.74) is 1.12. The minimum absolute atomic E-state index is 0.214. The summed E-state index contributed by atoms with van der Waals surface area (Å²) in [6.45, 7) is 3.33. The molecule has 0 bridgehead atoms. The monoisotopic (exact) mass is 190 g/mol. The Hall–Kier alpha value is -0.880.